The Morgan fingerprint density at radius 1 is 0.690 bits per heavy atom. The van der Waals surface area contributed by atoms with Crippen LogP contribution in [-0.2, 0) is 9.47 Å². The fraction of sp³-hybridized carbons (Fsp3) is 0.778. The summed E-state index contributed by atoms with van der Waals surface area (Å²) in [5.74, 6) is 5.60. The topological polar surface area (TPSA) is 18.5 Å². The molecule has 0 N–H and O–H groups in total. The van der Waals surface area contributed by atoms with Gasteiger partial charge in [-0.2, -0.15) is 0 Å². The number of allylic oxidation sites excluding steroid dienone is 3. The minimum Gasteiger partial charge on any atom is -0.353 e. The van der Waals surface area contributed by atoms with E-state index in [0.717, 1.165) is 51.7 Å². The first kappa shape index (κ1) is 28.0. The number of unbranched alkanes of at least 4 members (excludes halogenated alkanes) is 12. The second-order valence-electron chi connectivity index (χ2n) is 7.85. The maximum atomic E-state index is 6.07. The summed E-state index contributed by atoms with van der Waals surface area (Å²) in [4.78, 5) is 0. The molecule has 0 fully saturated rings. The van der Waals surface area contributed by atoms with Crippen LogP contribution in [0.15, 0.2) is 18.2 Å². The van der Waals surface area contributed by atoms with Crippen molar-refractivity contribution in [3.8, 4) is 11.8 Å². The summed E-state index contributed by atoms with van der Waals surface area (Å²) in [6.07, 6.45) is 25.2. The first-order valence-electron chi connectivity index (χ1n) is 12.3. The van der Waals surface area contributed by atoms with E-state index < -0.39 is 0 Å². The molecule has 0 saturated heterocycles. The van der Waals surface area contributed by atoms with Gasteiger partial charge in [-0.15, -0.1) is 0 Å². The third-order valence-electron chi connectivity index (χ3n) is 5.03. The van der Waals surface area contributed by atoms with Gasteiger partial charge in [0.2, 0.25) is 0 Å². The molecule has 2 nitrogen and oxygen atoms in total. The van der Waals surface area contributed by atoms with Crippen molar-refractivity contribution in [2.75, 3.05) is 13.2 Å². The zero-order valence-electron chi connectivity index (χ0n) is 19.4. The van der Waals surface area contributed by atoms with Gasteiger partial charge < -0.3 is 9.47 Å². The highest BCUT2D eigenvalue weighted by Gasteiger charge is 2.09. The first-order valence-corrected chi connectivity index (χ1v) is 12.3. The van der Waals surface area contributed by atoms with E-state index in [9.17, 15) is 0 Å². The van der Waals surface area contributed by atoms with Crippen molar-refractivity contribution in [3.05, 3.63) is 24.8 Å². The lowest BCUT2D eigenvalue weighted by atomic mass is 10.1. The Balaban J connectivity index is 3.94. The lowest BCUT2D eigenvalue weighted by Crippen LogP contribution is -2.19. The largest absolute Gasteiger partial charge is 0.353 e. The predicted octanol–water partition coefficient (Wildman–Crippen LogP) is 8.18. The van der Waals surface area contributed by atoms with Crippen LogP contribution in [0.1, 0.15) is 117 Å². The second-order valence-corrected chi connectivity index (χ2v) is 7.85. The summed E-state index contributed by atoms with van der Waals surface area (Å²) in [6.45, 7) is 11.4. The molecule has 1 radical (unpaired) electrons. The molecule has 0 aliphatic rings. The van der Waals surface area contributed by atoms with Crippen molar-refractivity contribution in [2.24, 2.45) is 0 Å². The van der Waals surface area contributed by atoms with E-state index in [2.05, 4.69) is 31.8 Å². The Hall–Kier alpha value is -1.04. The van der Waals surface area contributed by atoms with E-state index in [1.165, 1.54) is 70.3 Å². The average molecular weight is 404 g/mol. The van der Waals surface area contributed by atoms with Crippen LogP contribution in [0.4, 0.5) is 0 Å². The van der Waals surface area contributed by atoms with Crippen molar-refractivity contribution in [1.29, 1.82) is 0 Å². The van der Waals surface area contributed by atoms with E-state index in [0.29, 0.717) is 0 Å². The fourth-order valence-corrected chi connectivity index (χ4v) is 3.22. The van der Waals surface area contributed by atoms with Gasteiger partial charge in [0, 0.05) is 13.2 Å². The van der Waals surface area contributed by atoms with Gasteiger partial charge in [0.15, 0.2) is 6.29 Å². The summed E-state index contributed by atoms with van der Waals surface area (Å²) in [5, 5.41) is 0. The van der Waals surface area contributed by atoms with Crippen LogP contribution >= 0.6 is 0 Å². The number of hydrogen-bond donors (Lipinski definition) is 0. The molecule has 0 aromatic rings. The standard InChI is InChI=1S/C27H47O2/c1-4-7-10-13-16-17-18-21-24-27(28-25-22-19-14-11-8-5-2)29-26-23-20-15-12-9-6-3/h1,4,13,16,27H,5-6,8-9,11-12,14-15,17-26H2,2-3H3/b4-1?,16-13-. The zero-order chi connectivity index (χ0) is 21.3. The monoisotopic (exact) mass is 403 g/mol. The van der Waals surface area contributed by atoms with Crippen LogP contribution in [0.3, 0.4) is 0 Å². The molecule has 0 saturated carbocycles. The number of rotatable bonds is 21. The van der Waals surface area contributed by atoms with Crippen molar-refractivity contribution in [3.63, 3.8) is 0 Å². The molecule has 0 amide bonds. The Bertz CT molecular complexity index is 398. The summed E-state index contributed by atoms with van der Waals surface area (Å²) in [5.41, 5.74) is 0. The van der Waals surface area contributed by atoms with Crippen LogP contribution in [0, 0.1) is 18.4 Å². The van der Waals surface area contributed by atoms with Gasteiger partial charge in [0.1, 0.15) is 0 Å². The SMILES string of the molecule is [CH]=CC#C/C=C\CCCCC(OCCCCCCCC)OCCCCCCCC. The molecule has 29 heavy (non-hydrogen) atoms. The molecule has 0 spiro atoms. The van der Waals surface area contributed by atoms with Crippen molar-refractivity contribution < 1.29 is 9.47 Å². The summed E-state index contributed by atoms with van der Waals surface area (Å²) in [7, 11) is 0. The third kappa shape index (κ3) is 23.1. The highest BCUT2D eigenvalue weighted by Crippen LogP contribution is 2.13. The minimum absolute atomic E-state index is 0.0307. The van der Waals surface area contributed by atoms with Crippen molar-refractivity contribution in [2.45, 2.75) is 123 Å². The summed E-state index contributed by atoms with van der Waals surface area (Å²) >= 11 is 0. The van der Waals surface area contributed by atoms with Gasteiger partial charge in [-0.1, -0.05) is 103 Å². The minimum atomic E-state index is -0.0307. The molecular weight excluding hydrogens is 356 g/mol. The van der Waals surface area contributed by atoms with Gasteiger partial charge in [-0.3, -0.25) is 0 Å². The molecule has 0 unspecified atom stereocenters. The first-order chi connectivity index (χ1) is 14.3. The van der Waals surface area contributed by atoms with Crippen LogP contribution in [0.25, 0.3) is 0 Å². The molecule has 0 atom stereocenters. The van der Waals surface area contributed by atoms with Crippen LogP contribution in [0.2, 0.25) is 0 Å². The Morgan fingerprint density at radius 2 is 1.24 bits per heavy atom. The second kappa shape index (κ2) is 25.0. The molecule has 0 aliphatic heterocycles. The van der Waals surface area contributed by atoms with Gasteiger partial charge in [-0.05, 0) is 50.7 Å². The highest BCUT2D eigenvalue weighted by molar-refractivity contribution is 5.21. The van der Waals surface area contributed by atoms with Crippen LogP contribution < -0.4 is 0 Å². The number of hydrogen-bond acceptors (Lipinski definition) is 2. The van der Waals surface area contributed by atoms with Crippen LogP contribution in [-0.4, -0.2) is 19.5 Å². The summed E-state index contributed by atoms with van der Waals surface area (Å²) in [6, 6.07) is 0. The van der Waals surface area contributed by atoms with Gasteiger partial charge in [0.05, 0.1) is 0 Å². The van der Waals surface area contributed by atoms with E-state index in [1.807, 2.05) is 6.08 Å². The highest BCUT2D eigenvalue weighted by atomic mass is 16.7. The quantitative estimate of drug-likeness (QED) is 0.109. The Morgan fingerprint density at radius 3 is 1.79 bits per heavy atom. The van der Waals surface area contributed by atoms with Crippen LogP contribution in [0.5, 0.6) is 0 Å². The van der Waals surface area contributed by atoms with E-state index in [4.69, 9.17) is 16.1 Å². The Labute approximate surface area is 182 Å². The zero-order valence-corrected chi connectivity index (χ0v) is 19.4. The van der Waals surface area contributed by atoms with Crippen molar-refractivity contribution >= 4 is 0 Å². The molecule has 0 aliphatic carbocycles. The normalized spacial score (nSPS) is 11.1. The molecule has 0 aromatic carbocycles. The van der Waals surface area contributed by atoms with Gasteiger partial charge in [-0.25, -0.2) is 0 Å². The average Bonchev–Trinajstić information content (AvgIpc) is 2.73. The lowest BCUT2D eigenvalue weighted by Gasteiger charge is -2.19. The van der Waals surface area contributed by atoms with Gasteiger partial charge >= 0.3 is 0 Å². The number of ether oxygens (including phenoxy) is 2. The molecule has 0 heterocycles. The molecule has 0 bridgehead atoms. The maximum absolute atomic E-state index is 6.07. The Kier molecular flexibility index (Phi) is 24.1. The fourth-order valence-electron chi connectivity index (χ4n) is 3.22. The van der Waals surface area contributed by atoms with Crippen molar-refractivity contribution in [1.82, 2.24) is 0 Å². The lowest BCUT2D eigenvalue weighted by molar-refractivity contribution is -0.148. The smallest absolute Gasteiger partial charge is 0.157 e. The molecule has 2 heteroatoms. The van der Waals surface area contributed by atoms with E-state index >= 15 is 0 Å². The summed E-state index contributed by atoms with van der Waals surface area (Å²) < 4.78 is 12.1. The molecule has 0 rings (SSSR count). The molecule has 167 valence electrons. The van der Waals surface area contributed by atoms with E-state index in [-0.39, 0.29) is 6.29 Å². The van der Waals surface area contributed by atoms with E-state index in [1.54, 1.807) is 0 Å². The maximum Gasteiger partial charge on any atom is 0.157 e. The molecule has 0 aromatic heterocycles. The molecular formula is C27H47O2. The third-order valence-corrected chi connectivity index (χ3v) is 5.03. The predicted molar refractivity (Wildman–Crippen MR) is 127 cm³/mol. The van der Waals surface area contributed by atoms with Gasteiger partial charge in [0.25, 0.3) is 0 Å².